The molecule has 0 aromatic heterocycles. The van der Waals surface area contributed by atoms with Crippen molar-refractivity contribution in [3.63, 3.8) is 0 Å². The first kappa shape index (κ1) is 17.9. The quantitative estimate of drug-likeness (QED) is 0.461. The second kappa shape index (κ2) is 7.26. The number of benzene rings is 3. The first-order valence-corrected chi connectivity index (χ1v) is 8.85. The van der Waals surface area contributed by atoms with Gasteiger partial charge in [0.25, 0.3) is 0 Å². The number of ether oxygens (including phenoxy) is 3. The SMILES string of the molecule is COc1cc(C#N)cc(Cl)c1OC(=O)C1c2ccccc2Oc2ccccc21. The number of hydrogen-bond donors (Lipinski definition) is 0. The molecule has 1 aliphatic heterocycles. The molecular formula is C22H14ClNO4. The lowest BCUT2D eigenvalue weighted by Crippen LogP contribution is -2.23. The molecule has 0 bridgehead atoms. The van der Waals surface area contributed by atoms with Gasteiger partial charge in [-0.25, -0.2) is 0 Å². The van der Waals surface area contributed by atoms with Gasteiger partial charge in [-0.05, 0) is 18.2 Å². The van der Waals surface area contributed by atoms with Gasteiger partial charge in [-0.3, -0.25) is 4.79 Å². The predicted molar refractivity (Wildman–Crippen MR) is 103 cm³/mol. The maximum atomic E-state index is 13.2. The molecule has 5 nitrogen and oxygen atoms in total. The molecule has 138 valence electrons. The van der Waals surface area contributed by atoms with Crippen molar-refractivity contribution in [2.75, 3.05) is 7.11 Å². The van der Waals surface area contributed by atoms with E-state index in [0.717, 1.165) is 0 Å². The summed E-state index contributed by atoms with van der Waals surface area (Å²) in [7, 11) is 1.42. The lowest BCUT2D eigenvalue weighted by Gasteiger charge is -2.27. The van der Waals surface area contributed by atoms with Crippen LogP contribution >= 0.6 is 11.6 Å². The molecule has 28 heavy (non-hydrogen) atoms. The summed E-state index contributed by atoms with van der Waals surface area (Å²) in [5, 5.41) is 9.21. The standard InChI is InChI=1S/C22H14ClNO4/c1-26-19-11-13(12-24)10-16(23)21(19)28-22(25)20-14-6-2-4-8-17(14)27-18-9-5-3-7-15(18)20/h2-11,20H,1H3. The Labute approximate surface area is 166 Å². The first-order valence-electron chi connectivity index (χ1n) is 8.47. The zero-order chi connectivity index (χ0) is 19.7. The molecule has 0 unspecified atom stereocenters. The van der Waals surface area contributed by atoms with Crippen LogP contribution in [0, 0.1) is 11.3 Å². The lowest BCUT2D eigenvalue weighted by molar-refractivity contribution is -0.135. The molecule has 3 aromatic rings. The average Bonchev–Trinajstić information content (AvgIpc) is 2.72. The second-order valence-corrected chi connectivity index (χ2v) is 6.54. The van der Waals surface area contributed by atoms with E-state index >= 15 is 0 Å². The molecule has 0 amide bonds. The number of para-hydroxylation sites is 2. The maximum absolute atomic E-state index is 13.2. The Morgan fingerprint density at radius 3 is 2.25 bits per heavy atom. The van der Waals surface area contributed by atoms with E-state index in [1.807, 2.05) is 42.5 Å². The Balaban J connectivity index is 1.77. The van der Waals surface area contributed by atoms with E-state index in [1.165, 1.54) is 19.2 Å². The number of rotatable bonds is 3. The van der Waals surface area contributed by atoms with Gasteiger partial charge in [-0.1, -0.05) is 48.0 Å². The molecule has 1 heterocycles. The van der Waals surface area contributed by atoms with Crippen LogP contribution in [0.15, 0.2) is 60.7 Å². The molecule has 1 aliphatic rings. The van der Waals surface area contributed by atoms with E-state index < -0.39 is 11.9 Å². The van der Waals surface area contributed by atoms with Crippen molar-refractivity contribution in [1.82, 2.24) is 0 Å². The number of carbonyl (C=O) groups excluding carboxylic acids is 1. The van der Waals surface area contributed by atoms with Crippen LogP contribution in [0.25, 0.3) is 0 Å². The van der Waals surface area contributed by atoms with Gasteiger partial charge in [0.2, 0.25) is 0 Å². The molecular weight excluding hydrogens is 378 g/mol. The fourth-order valence-electron chi connectivity index (χ4n) is 3.21. The average molecular weight is 392 g/mol. The number of hydrogen-bond acceptors (Lipinski definition) is 5. The van der Waals surface area contributed by atoms with Crippen molar-refractivity contribution in [3.05, 3.63) is 82.4 Å². The van der Waals surface area contributed by atoms with Gasteiger partial charge in [0.05, 0.1) is 23.8 Å². The molecule has 0 saturated carbocycles. The molecule has 0 N–H and O–H groups in total. The minimum atomic E-state index is -0.683. The van der Waals surface area contributed by atoms with E-state index in [4.69, 9.17) is 31.1 Å². The van der Waals surface area contributed by atoms with Gasteiger partial charge < -0.3 is 14.2 Å². The van der Waals surface area contributed by atoms with Crippen molar-refractivity contribution in [3.8, 4) is 29.1 Å². The highest BCUT2D eigenvalue weighted by Crippen LogP contribution is 2.45. The third kappa shape index (κ3) is 3.04. The van der Waals surface area contributed by atoms with Crippen molar-refractivity contribution in [1.29, 1.82) is 5.26 Å². The lowest BCUT2D eigenvalue weighted by atomic mass is 9.88. The molecule has 3 aromatic carbocycles. The van der Waals surface area contributed by atoms with Crippen LogP contribution < -0.4 is 14.2 Å². The summed E-state index contributed by atoms with van der Waals surface area (Å²) in [5.41, 5.74) is 1.72. The molecule has 0 spiro atoms. The Morgan fingerprint density at radius 2 is 1.68 bits per heavy atom. The number of nitrogens with zero attached hydrogens (tertiary/aromatic N) is 1. The van der Waals surface area contributed by atoms with Gasteiger partial charge in [0.15, 0.2) is 11.5 Å². The van der Waals surface area contributed by atoms with Crippen LogP contribution in [-0.2, 0) is 4.79 Å². The summed E-state index contributed by atoms with van der Waals surface area (Å²) in [6.07, 6.45) is 0. The topological polar surface area (TPSA) is 68.5 Å². The summed E-state index contributed by atoms with van der Waals surface area (Å²) >= 11 is 6.24. The molecule has 0 radical (unpaired) electrons. The van der Waals surface area contributed by atoms with Gasteiger partial charge >= 0.3 is 5.97 Å². The van der Waals surface area contributed by atoms with E-state index in [1.54, 1.807) is 12.1 Å². The van der Waals surface area contributed by atoms with E-state index in [0.29, 0.717) is 28.2 Å². The second-order valence-electron chi connectivity index (χ2n) is 6.13. The Kier molecular flexibility index (Phi) is 4.64. The number of nitriles is 1. The highest BCUT2D eigenvalue weighted by Gasteiger charge is 2.34. The van der Waals surface area contributed by atoms with Crippen LogP contribution in [0.4, 0.5) is 0 Å². The van der Waals surface area contributed by atoms with Gasteiger partial charge in [0.1, 0.15) is 17.4 Å². The molecule has 0 fully saturated rings. The van der Waals surface area contributed by atoms with E-state index in [2.05, 4.69) is 0 Å². The number of methoxy groups -OCH3 is 1. The highest BCUT2D eigenvalue weighted by molar-refractivity contribution is 6.32. The maximum Gasteiger partial charge on any atom is 0.323 e. The first-order chi connectivity index (χ1) is 13.6. The summed E-state index contributed by atoms with van der Waals surface area (Å²) in [5.74, 6) is 0.286. The van der Waals surface area contributed by atoms with E-state index in [9.17, 15) is 4.79 Å². The van der Waals surface area contributed by atoms with Crippen LogP contribution in [-0.4, -0.2) is 13.1 Å². The number of esters is 1. The highest BCUT2D eigenvalue weighted by atomic mass is 35.5. The number of fused-ring (bicyclic) bond motifs is 2. The van der Waals surface area contributed by atoms with E-state index in [-0.39, 0.29) is 16.5 Å². The third-order valence-electron chi connectivity index (χ3n) is 4.48. The van der Waals surface area contributed by atoms with Crippen LogP contribution in [0.1, 0.15) is 22.6 Å². The monoisotopic (exact) mass is 391 g/mol. The van der Waals surface area contributed by atoms with Gasteiger partial charge in [-0.15, -0.1) is 0 Å². The van der Waals surface area contributed by atoms with Crippen molar-refractivity contribution in [2.45, 2.75) is 5.92 Å². The van der Waals surface area contributed by atoms with Crippen LogP contribution in [0.5, 0.6) is 23.0 Å². The summed E-state index contributed by atoms with van der Waals surface area (Å²) in [6, 6.07) is 19.5. The Morgan fingerprint density at radius 1 is 1.07 bits per heavy atom. The van der Waals surface area contributed by atoms with Crippen molar-refractivity contribution < 1.29 is 19.0 Å². The summed E-state index contributed by atoms with van der Waals surface area (Å²) in [6.45, 7) is 0. The number of carbonyl (C=O) groups is 1. The van der Waals surface area contributed by atoms with Gasteiger partial charge in [0, 0.05) is 17.2 Å². The molecule has 4 rings (SSSR count). The molecule has 0 atom stereocenters. The minimum Gasteiger partial charge on any atom is -0.493 e. The normalized spacial score (nSPS) is 12.2. The van der Waals surface area contributed by atoms with Crippen molar-refractivity contribution in [2.24, 2.45) is 0 Å². The zero-order valence-electron chi connectivity index (χ0n) is 14.8. The summed E-state index contributed by atoms with van der Waals surface area (Å²) < 4.78 is 16.8. The van der Waals surface area contributed by atoms with Crippen molar-refractivity contribution >= 4 is 17.6 Å². The van der Waals surface area contributed by atoms with Gasteiger partial charge in [-0.2, -0.15) is 5.26 Å². The largest absolute Gasteiger partial charge is 0.493 e. The minimum absolute atomic E-state index is 0.0784. The number of halogens is 1. The zero-order valence-corrected chi connectivity index (χ0v) is 15.6. The Bertz CT molecular complexity index is 1070. The van der Waals surface area contributed by atoms with Crippen LogP contribution in [0.2, 0.25) is 5.02 Å². The predicted octanol–water partition coefficient (Wildman–Crippen LogP) is 5.06. The smallest absolute Gasteiger partial charge is 0.323 e. The molecule has 0 aliphatic carbocycles. The summed E-state index contributed by atoms with van der Waals surface area (Å²) in [4.78, 5) is 13.2. The fraction of sp³-hybridized carbons (Fsp3) is 0.0909. The molecule has 0 saturated heterocycles. The Hall–Kier alpha value is -3.49. The fourth-order valence-corrected chi connectivity index (χ4v) is 3.46. The third-order valence-corrected chi connectivity index (χ3v) is 4.76. The molecule has 6 heteroatoms. The van der Waals surface area contributed by atoms with Crippen LogP contribution in [0.3, 0.4) is 0 Å².